The highest BCUT2D eigenvalue weighted by molar-refractivity contribution is 6.74. The zero-order valence-corrected chi connectivity index (χ0v) is 38.4. The van der Waals surface area contributed by atoms with Crippen molar-refractivity contribution >= 4 is 31.5 Å². The molecule has 0 spiro atoms. The van der Waals surface area contributed by atoms with Gasteiger partial charge < -0.3 is 19.0 Å². The van der Waals surface area contributed by atoms with Crippen LogP contribution in [-0.2, 0) is 41.6 Å². The normalized spacial score (nSPS) is 12.2. The zero-order chi connectivity index (χ0) is 42.6. The highest BCUT2D eigenvalue weighted by Crippen LogP contribution is 2.36. The Morgan fingerprint density at radius 1 is 0.614 bits per heavy atom. The van der Waals surface area contributed by atoms with E-state index in [0.717, 1.165) is 56.3 Å². The Balaban J connectivity index is 0.000000315. The van der Waals surface area contributed by atoms with E-state index in [9.17, 15) is 9.59 Å². The van der Waals surface area contributed by atoms with Gasteiger partial charge in [-0.3, -0.25) is 9.59 Å². The van der Waals surface area contributed by atoms with Crippen molar-refractivity contribution in [3.63, 3.8) is 0 Å². The van der Waals surface area contributed by atoms with Crippen LogP contribution in [-0.4, -0.2) is 46.2 Å². The molecule has 10 nitrogen and oxygen atoms in total. The van der Waals surface area contributed by atoms with Crippen molar-refractivity contribution < 1.29 is 19.0 Å². The second kappa shape index (κ2) is 21.0. The average molecular weight is 844 g/mol. The summed E-state index contributed by atoms with van der Waals surface area (Å²) in [5.74, 6) is 0.599. The van der Waals surface area contributed by atoms with E-state index in [0.29, 0.717) is 24.7 Å². The van der Waals surface area contributed by atoms with Crippen molar-refractivity contribution in [3.05, 3.63) is 114 Å². The first kappa shape index (κ1) is 47.9. The van der Waals surface area contributed by atoms with E-state index < -0.39 is 19.4 Å². The first-order valence-corrected chi connectivity index (χ1v) is 23.4. The van der Waals surface area contributed by atoms with Gasteiger partial charge >= 0.3 is 0 Å². The van der Waals surface area contributed by atoms with E-state index in [1.165, 1.54) is 32.9 Å². The minimum Gasteiger partial charge on any atom is -0.485 e. The summed E-state index contributed by atoms with van der Waals surface area (Å²) in [7, 11) is -1.65. The Morgan fingerprint density at radius 2 is 0.982 bits per heavy atom. The predicted molar refractivity (Wildman–Crippen MR) is 235 cm³/mol. The highest BCUT2D eigenvalue weighted by atomic mass is 35.5. The molecule has 0 fully saturated rings. The standard InChI is InChI=1S/C25H39ClN2O3Si.C19H25ClN2O3/c1-24(2,3)28-23(29)22(26)21(17-27-28)30-18-20-14-12-19(13-15-20)11-9-10-16-31-32(7,8)25(4,5)6;1-19(2,3)22-18(24)17(20)16(12-21-22)25-13-15-9-7-14(8-10-15)6-4-5-11-23/h12-15,17H,9-11,16,18H2,1-8H3;7-10,12,23H,4-6,11,13H2,1-3H3. The molecule has 0 aliphatic rings. The molecular weight excluding hydrogens is 779 g/mol. The summed E-state index contributed by atoms with van der Waals surface area (Å²) in [6.45, 7) is 24.5. The molecule has 0 saturated heterocycles. The lowest BCUT2D eigenvalue weighted by Gasteiger charge is -2.36. The summed E-state index contributed by atoms with van der Waals surface area (Å²) in [4.78, 5) is 24.7. The number of ether oxygens (including phenoxy) is 2. The predicted octanol–water partition coefficient (Wildman–Crippen LogP) is 10.1. The van der Waals surface area contributed by atoms with Gasteiger partial charge in [0.15, 0.2) is 29.9 Å². The van der Waals surface area contributed by atoms with Crippen molar-refractivity contribution in [2.75, 3.05) is 13.2 Å². The zero-order valence-electron chi connectivity index (χ0n) is 35.9. The van der Waals surface area contributed by atoms with Crippen molar-refractivity contribution in [2.24, 2.45) is 0 Å². The Hall–Kier alpha value is -3.48. The quantitative estimate of drug-likeness (QED) is 0.0875. The number of aromatic nitrogens is 4. The maximum absolute atomic E-state index is 12.4. The third kappa shape index (κ3) is 14.7. The van der Waals surface area contributed by atoms with Crippen molar-refractivity contribution in [3.8, 4) is 11.5 Å². The molecule has 57 heavy (non-hydrogen) atoms. The molecule has 2 heterocycles. The van der Waals surface area contributed by atoms with Gasteiger partial charge in [0.25, 0.3) is 11.1 Å². The van der Waals surface area contributed by atoms with Crippen LogP contribution in [0.3, 0.4) is 0 Å². The van der Waals surface area contributed by atoms with Crippen molar-refractivity contribution in [2.45, 2.75) is 143 Å². The van der Waals surface area contributed by atoms with Crippen molar-refractivity contribution in [1.29, 1.82) is 0 Å². The number of benzene rings is 2. The average Bonchev–Trinajstić information content (AvgIpc) is 3.12. The molecule has 314 valence electrons. The molecular formula is C44H64Cl2N4O6Si. The summed E-state index contributed by atoms with van der Waals surface area (Å²) in [5.41, 5.74) is 2.96. The first-order valence-electron chi connectivity index (χ1n) is 19.8. The molecule has 2 aromatic carbocycles. The Kier molecular flexibility index (Phi) is 17.6. The lowest BCUT2D eigenvalue weighted by Crippen LogP contribution is -2.40. The fourth-order valence-electron chi connectivity index (χ4n) is 5.33. The fraction of sp³-hybridized carbons (Fsp3) is 0.545. The minimum absolute atomic E-state index is 0.0468. The summed E-state index contributed by atoms with van der Waals surface area (Å²) in [5, 5.41) is 17.5. The van der Waals surface area contributed by atoms with E-state index >= 15 is 0 Å². The highest BCUT2D eigenvalue weighted by Gasteiger charge is 2.36. The number of hydrogen-bond acceptors (Lipinski definition) is 8. The van der Waals surface area contributed by atoms with Gasteiger partial charge in [-0.15, -0.1) is 0 Å². The van der Waals surface area contributed by atoms with Gasteiger partial charge in [-0.25, -0.2) is 9.36 Å². The number of aliphatic hydroxyl groups excluding tert-OH is 1. The number of nitrogens with zero attached hydrogens (tertiary/aromatic N) is 4. The molecule has 4 rings (SSSR count). The van der Waals surface area contributed by atoms with Gasteiger partial charge in [0.2, 0.25) is 0 Å². The third-order valence-electron chi connectivity index (χ3n) is 9.88. The van der Waals surface area contributed by atoms with E-state index in [2.05, 4.69) is 68.3 Å². The van der Waals surface area contributed by atoms with Crippen LogP contribution in [0.2, 0.25) is 28.2 Å². The second-order valence-corrected chi connectivity index (χ2v) is 23.4. The van der Waals surface area contributed by atoms with Gasteiger partial charge in [0, 0.05) is 13.2 Å². The summed E-state index contributed by atoms with van der Waals surface area (Å²) in [6, 6.07) is 16.5. The van der Waals surface area contributed by atoms with Crippen LogP contribution in [0.5, 0.6) is 11.5 Å². The third-order valence-corrected chi connectivity index (χ3v) is 15.1. The van der Waals surface area contributed by atoms with E-state index in [1.54, 1.807) is 0 Å². The molecule has 2 aromatic heterocycles. The molecule has 0 bridgehead atoms. The number of halogens is 2. The summed E-state index contributed by atoms with van der Waals surface area (Å²) in [6.07, 6.45) is 8.94. The van der Waals surface area contributed by atoms with Crippen LogP contribution in [0.4, 0.5) is 0 Å². The van der Waals surface area contributed by atoms with Crippen LogP contribution in [0.15, 0.2) is 70.5 Å². The van der Waals surface area contributed by atoms with Crippen molar-refractivity contribution in [1.82, 2.24) is 19.6 Å². The van der Waals surface area contributed by atoms with Crippen LogP contribution in [0, 0.1) is 0 Å². The number of unbranched alkanes of at least 4 members (excludes halogenated alkanes) is 2. The molecule has 0 amide bonds. The number of aryl methyl sites for hydroxylation is 2. The van der Waals surface area contributed by atoms with E-state index in [-0.39, 0.29) is 32.8 Å². The fourth-order valence-corrected chi connectivity index (χ4v) is 6.79. The van der Waals surface area contributed by atoms with Gasteiger partial charge in [0.05, 0.1) is 23.5 Å². The first-order chi connectivity index (χ1) is 26.5. The van der Waals surface area contributed by atoms with E-state index in [1.807, 2.05) is 65.8 Å². The van der Waals surface area contributed by atoms with Crippen LogP contribution in [0.25, 0.3) is 0 Å². The lowest BCUT2D eigenvalue weighted by molar-refractivity contribution is 0.279. The molecule has 0 aliphatic carbocycles. The van der Waals surface area contributed by atoms with Gasteiger partial charge in [0.1, 0.15) is 13.2 Å². The molecule has 0 aliphatic heterocycles. The molecule has 0 unspecified atom stereocenters. The van der Waals surface area contributed by atoms with Gasteiger partial charge in [-0.2, -0.15) is 10.2 Å². The molecule has 1 N–H and O–H groups in total. The molecule has 0 radical (unpaired) electrons. The minimum atomic E-state index is -1.65. The number of aliphatic hydroxyl groups is 1. The number of hydrogen-bond donors (Lipinski definition) is 1. The molecule has 0 saturated carbocycles. The second-order valence-electron chi connectivity index (χ2n) is 17.9. The Bertz CT molecular complexity index is 1980. The summed E-state index contributed by atoms with van der Waals surface area (Å²) >= 11 is 12.4. The summed E-state index contributed by atoms with van der Waals surface area (Å²) < 4.78 is 20.4. The molecule has 0 atom stereocenters. The van der Waals surface area contributed by atoms with Gasteiger partial charge in [-0.05, 0) is 120 Å². The maximum atomic E-state index is 12.4. The smallest absolute Gasteiger partial charge is 0.289 e. The maximum Gasteiger partial charge on any atom is 0.289 e. The van der Waals surface area contributed by atoms with Crippen LogP contribution >= 0.6 is 23.2 Å². The van der Waals surface area contributed by atoms with E-state index in [4.69, 9.17) is 42.2 Å². The Labute approximate surface area is 350 Å². The van der Waals surface area contributed by atoms with Gasteiger partial charge in [-0.1, -0.05) is 92.5 Å². The van der Waals surface area contributed by atoms with Crippen LogP contribution < -0.4 is 20.6 Å². The lowest BCUT2D eigenvalue weighted by atomic mass is 10.1. The SMILES string of the molecule is CC(C)(C)n1ncc(OCc2ccc(CCCCO)cc2)c(Cl)c1=O.CC(C)(C)n1ncc(OCc2ccc(CCCCO[Si](C)(C)C(C)(C)C)cc2)c(Cl)c1=O. The molecule has 4 aromatic rings. The largest absolute Gasteiger partial charge is 0.485 e. The number of rotatable bonds is 16. The monoisotopic (exact) mass is 842 g/mol. The topological polar surface area (TPSA) is 118 Å². The van der Waals surface area contributed by atoms with Crippen LogP contribution in [0.1, 0.15) is 110 Å². The Morgan fingerprint density at radius 3 is 1.33 bits per heavy atom. The molecule has 13 heteroatoms.